The number of thiazole rings is 1. The monoisotopic (exact) mass is 365 g/mol. The number of rotatable bonds is 5. The van der Waals surface area contributed by atoms with Crippen LogP contribution in [-0.2, 0) is 17.8 Å². The van der Waals surface area contributed by atoms with Crippen molar-refractivity contribution in [1.82, 2.24) is 14.8 Å². The minimum absolute atomic E-state index is 0.0330. The number of morpholine rings is 1. The Morgan fingerprint density at radius 3 is 2.75 bits per heavy atom. The maximum Gasteiger partial charge on any atom is 0.253 e. The number of halogens is 1. The minimum Gasteiger partial charge on any atom is -0.379 e. The molecule has 5 nitrogen and oxygen atoms in total. The standard InChI is InChI=1S/C17H20ClN3O2S/c1-20(17(22)13-2-4-14(18)5-3-13)10-15-12-24-16(19-15)11-21-6-8-23-9-7-21/h2-5,12H,6-11H2,1H3. The molecule has 3 rings (SSSR count). The Morgan fingerprint density at radius 1 is 1.33 bits per heavy atom. The van der Waals surface area contributed by atoms with Crippen LogP contribution in [0.15, 0.2) is 29.6 Å². The highest BCUT2D eigenvalue weighted by Gasteiger charge is 2.15. The Kier molecular flexibility index (Phi) is 5.84. The molecule has 0 atom stereocenters. The normalized spacial score (nSPS) is 15.4. The fraction of sp³-hybridized carbons (Fsp3) is 0.412. The van der Waals surface area contributed by atoms with Crippen molar-refractivity contribution in [2.45, 2.75) is 13.1 Å². The topological polar surface area (TPSA) is 45.7 Å². The van der Waals surface area contributed by atoms with E-state index in [4.69, 9.17) is 16.3 Å². The first-order valence-electron chi connectivity index (χ1n) is 7.86. The summed E-state index contributed by atoms with van der Waals surface area (Å²) in [5.41, 5.74) is 1.55. The predicted molar refractivity (Wildman–Crippen MR) is 95.5 cm³/mol. The van der Waals surface area contributed by atoms with E-state index >= 15 is 0 Å². The second-order valence-corrected chi connectivity index (χ2v) is 7.17. The molecule has 1 fully saturated rings. The molecule has 2 aromatic rings. The predicted octanol–water partition coefficient (Wildman–Crippen LogP) is 2.90. The third-order valence-corrected chi connectivity index (χ3v) is 5.03. The summed E-state index contributed by atoms with van der Waals surface area (Å²) in [7, 11) is 1.79. The van der Waals surface area contributed by atoms with Crippen molar-refractivity contribution in [3.05, 3.63) is 50.9 Å². The zero-order chi connectivity index (χ0) is 16.9. The van der Waals surface area contributed by atoms with Crippen molar-refractivity contribution in [3.8, 4) is 0 Å². The molecule has 0 unspecified atom stereocenters. The van der Waals surface area contributed by atoms with E-state index in [1.807, 2.05) is 5.38 Å². The molecule has 0 bridgehead atoms. The van der Waals surface area contributed by atoms with Crippen molar-refractivity contribution in [2.75, 3.05) is 33.4 Å². The highest BCUT2D eigenvalue weighted by Crippen LogP contribution is 2.16. The van der Waals surface area contributed by atoms with Gasteiger partial charge in [-0.2, -0.15) is 0 Å². The highest BCUT2D eigenvalue weighted by atomic mass is 35.5. The Bertz CT molecular complexity index is 683. The molecule has 0 saturated carbocycles. The Hall–Kier alpha value is -1.47. The molecule has 0 spiro atoms. The van der Waals surface area contributed by atoms with Gasteiger partial charge in [0, 0.05) is 36.1 Å². The zero-order valence-electron chi connectivity index (χ0n) is 13.6. The fourth-order valence-corrected chi connectivity index (χ4v) is 3.52. The molecule has 1 aromatic heterocycles. The molecule has 2 heterocycles. The molecule has 7 heteroatoms. The average molecular weight is 366 g/mol. The van der Waals surface area contributed by atoms with Crippen molar-refractivity contribution in [1.29, 1.82) is 0 Å². The number of benzene rings is 1. The van der Waals surface area contributed by atoms with Crippen molar-refractivity contribution in [3.63, 3.8) is 0 Å². The molecule has 128 valence electrons. The van der Waals surface area contributed by atoms with Crippen LogP contribution < -0.4 is 0 Å². The zero-order valence-corrected chi connectivity index (χ0v) is 15.1. The lowest BCUT2D eigenvalue weighted by Crippen LogP contribution is -2.35. The molecular weight excluding hydrogens is 346 g/mol. The molecule has 1 amide bonds. The Balaban J connectivity index is 1.57. The van der Waals surface area contributed by atoms with Gasteiger partial charge in [0.2, 0.25) is 0 Å². The van der Waals surface area contributed by atoms with Crippen molar-refractivity contribution < 1.29 is 9.53 Å². The quantitative estimate of drug-likeness (QED) is 0.817. The summed E-state index contributed by atoms with van der Waals surface area (Å²) in [6.07, 6.45) is 0. The van der Waals surface area contributed by atoms with Gasteiger partial charge in [-0.05, 0) is 24.3 Å². The van der Waals surface area contributed by atoms with Crippen LogP contribution in [0.5, 0.6) is 0 Å². The van der Waals surface area contributed by atoms with E-state index in [2.05, 4.69) is 9.88 Å². The smallest absolute Gasteiger partial charge is 0.253 e. The van der Waals surface area contributed by atoms with Crippen LogP contribution in [0.25, 0.3) is 0 Å². The molecule has 24 heavy (non-hydrogen) atoms. The van der Waals surface area contributed by atoms with Gasteiger partial charge in [0.1, 0.15) is 5.01 Å². The number of hydrogen-bond acceptors (Lipinski definition) is 5. The van der Waals surface area contributed by atoms with Gasteiger partial charge < -0.3 is 9.64 Å². The van der Waals surface area contributed by atoms with Crippen molar-refractivity contribution in [2.24, 2.45) is 0 Å². The Labute approximate surface area is 150 Å². The number of hydrogen-bond donors (Lipinski definition) is 0. The SMILES string of the molecule is CN(Cc1csc(CN2CCOCC2)n1)C(=O)c1ccc(Cl)cc1. The van der Waals surface area contributed by atoms with Gasteiger partial charge in [0.15, 0.2) is 0 Å². The first kappa shape index (κ1) is 17.4. The van der Waals surface area contributed by atoms with Gasteiger partial charge in [0.05, 0.1) is 32.0 Å². The van der Waals surface area contributed by atoms with Gasteiger partial charge >= 0.3 is 0 Å². The van der Waals surface area contributed by atoms with E-state index in [9.17, 15) is 4.79 Å². The van der Waals surface area contributed by atoms with E-state index in [0.29, 0.717) is 17.1 Å². The molecule has 1 saturated heterocycles. The van der Waals surface area contributed by atoms with E-state index in [0.717, 1.165) is 43.5 Å². The van der Waals surface area contributed by atoms with E-state index in [1.165, 1.54) is 0 Å². The van der Waals surface area contributed by atoms with Crippen LogP contribution >= 0.6 is 22.9 Å². The first-order valence-corrected chi connectivity index (χ1v) is 9.12. The van der Waals surface area contributed by atoms with Gasteiger partial charge in [-0.1, -0.05) is 11.6 Å². The molecule has 1 aromatic carbocycles. The minimum atomic E-state index is -0.0330. The molecular formula is C17H20ClN3O2S. The summed E-state index contributed by atoms with van der Waals surface area (Å²) in [4.78, 5) is 21.1. The largest absolute Gasteiger partial charge is 0.379 e. The van der Waals surface area contributed by atoms with Crippen LogP contribution in [0.3, 0.4) is 0 Å². The third kappa shape index (κ3) is 4.54. The van der Waals surface area contributed by atoms with Gasteiger partial charge in [-0.25, -0.2) is 4.98 Å². The number of carbonyl (C=O) groups excluding carboxylic acids is 1. The second-order valence-electron chi connectivity index (χ2n) is 5.79. The molecule has 0 radical (unpaired) electrons. The van der Waals surface area contributed by atoms with Crippen LogP contribution in [0.4, 0.5) is 0 Å². The van der Waals surface area contributed by atoms with E-state index in [1.54, 1.807) is 47.5 Å². The third-order valence-electron chi connectivity index (χ3n) is 3.90. The van der Waals surface area contributed by atoms with Crippen LogP contribution in [0, 0.1) is 0 Å². The maximum atomic E-state index is 12.4. The van der Waals surface area contributed by atoms with Gasteiger partial charge in [-0.15, -0.1) is 11.3 Å². The van der Waals surface area contributed by atoms with E-state index in [-0.39, 0.29) is 5.91 Å². The van der Waals surface area contributed by atoms with Crippen LogP contribution in [0.2, 0.25) is 5.02 Å². The fourth-order valence-electron chi connectivity index (χ4n) is 2.57. The molecule has 1 aliphatic rings. The summed E-state index contributed by atoms with van der Waals surface area (Å²) < 4.78 is 5.36. The number of nitrogens with zero attached hydrogens (tertiary/aromatic N) is 3. The lowest BCUT2D eigenvalue weighted by atomic mass is 10.2. The average Bonchev–Trinajstić information content (AvgIpc) is 3.02. The van der Waals surface area contributed by atoms with Crippen LogP contribution in [-0.4, -0.2) is 54.0 Å². The highest BCUT2D eigenvalue weighted by molar-refractivity contribution is 7.09. The number of amides is 1. The Morgan fingerprint density at radius 2 is 2.04 bits per heavy atom. The summed E-state index contributed by atoms with van der Waals surface area (Å²) in [5.74, 6) is -0.0330. The van der Waals surface area contributed by atoms with Crippen LogP contribution in [0.1, 0.15) is 21.1 Å². The summed E-state index contributed by atoms with van der Waals surface area (Å²) in [6.45, 7) is 4.82. The van der Waals surface area contributed by atoms with E-state index < -0.39 is 0 Å². The number of ether oxygens (including phenoxy) is 1. The van der Waals surface area contributed by atoms with Gasteiger partial charge in [-0.3, -0.25) is 9.69 Å². The first-order chi connectivity index (χ1) is 11.6. The summed E-state index contributed by atoms with van der Waals surface area (Å²) >= 11 is 7.51. The summed E-state index contributed by atoms with van der Waals surface area (Å²) in [5, 5.41) is 3.74. The molecule has 0 N–H and O–H groups in total. The maximum absolute atomic E-state index is 12.4. The lowest BCUT2D eigenvalue weighted by molar-refractivity contribution is 0.0341. The molecule has 0 aliphatic carbocycles. The lowest BCUT2D eigenvalue weighted by Gasteiger charge is -2.25. The number of aromatic nitrogens is 1. The summed E-state index contributed by atoms with van der Waals surface area (Å²) in [6, 6.07) is 6.94. The van der Waals surface area contributed by atoms with Crippen molar-refractivity contribution >= 4 is 28.8 Å². The number of carbonyl (C=O) groups is 1. The second kappa shape index (κ2) is 8.07. The molecule has 1 aliphatic heterocycles. The van der Waals surface area contributed by atoms with Gasteiger partial charge in [0.25, 0.3) is 5.91 Å².